The Morgan fingerprint density at radius 1 is 1.17 bits per heavy atom. The van der Waals surface area contributed by atoms with Gasteiger partial charge in [-0.05, 0) is 44.9 Å². The van der Waals surface area contributed by atoms with Crippen molar-refractivity contribution in [2.24, 2.45) is 10.9 Å². The van der Waals surface area contributed by atoms with Crippen LogP contribution in [-0.4, -0.2) is 59.3 Å². The summed E-state index contributed by atoms with van der Waals surface area (Å²) in [6, 6.07) is 0.461. The molecule has 30 heavy (non-hydrogen) atoms. The van der Waals surface area contributed by atoms with Crippen molar-refractivity contribution in [2.75, 3.05) is 32.8 Å². The smallest absolute Gasteiger partial charge is 0.193 e. The standard InChI is InChI=1S/C23H41N5O.HI/c1-3-25-23(26-13-8-9-17-29-21-10-6-4-5-7-11-21)27-15-12-20(2)22(18-27)28-16-14-24-19-28;/h14,16,19-22H,3-13,15,17-18H2,1-2H3,(H,25,26);1H. The van der Waals surface area contributed by atoms with Crippen molar-refractivity contribution >= 4 is 29.9 Å². The van der Waals surface area contributed by atoms with Crippen LogP contribution in [0.15, 0.2) is 23.7 Å². The number of rotatable bonds is 8. The van der Waals surface area contributed by atoms with E-state index in [2.05, 4.69) is 39.8 Å². The summed E-state index contributed by atoms with van der Waals surface area (Å²) in [6.45, 7) is 9.23. The summed E-state index contributed by atoms with van der Waals surface area (Å²) >= 11 is 0. The molecule has 1 saturated heterocycles. The highest BCUT2D eigenvalue weighted by atomic mass is 127. The van der Waals surface area contributed by atoms with E-state index < -0.39 is 0 Å². The zero-order valence-electron chi connectivity index (χ0n) is 19.0. The highest BCUT2D eigenvalue weighted by molar-refractivity contribution is 14.0. The second-order valence-corrected chi connectivity index (χ2v) is 8.72. The van der Waals surface area contributed by atoms with Gasteiger partial charge in [-0.2, -0.15) is 0 Å². The monoisotopic (exact) mass is 531 g/mol. The third-order valence-corrected chi connectivity index (χ3v) is 6.43. The fourth-order valence-corrected chi connectivity index (χ4v) is 4.58. The van der Waals surface area contributed by atoms with Crippen molar-refractivity contribution in [1.29, 1.82) is 0 Å². The van der Waals surface area contributed by atoms with Crippen molar-refractivity contribution in [2.45, 2.75) is 83.8 Å². The Labute approximate surface area is 200 Å². The lowest BCUT2D eigenvalue weighted by atomic mass is 9.93. The average Bonchev–Trinajstić information content (AvgIpc) is 3.14. The number of piperidine rings is 1. The Hall–Kier alpha value is -0.830. The molecule has 1 N–H and O–H groups in total. The molecular weight excluding hydrogens is 489 g/mol. The van der Waals surface area contributed by atoms with Gasteiger partial charge in [-0.15, -0.1) is 24.0 Å². The first kappa shape index (κ1) is 25.4. The molecule has 0 bridgehead atoms. The number of likely N-dealkylation sites (tertiary alicyclic amines) is 1. The van der Waals surface area contributed by atoms with Gasteiger partial charge in [-0.3, -0.25) is 4.99 Å². The zero-order chi connectivity index (χ0) is 20.3. The second kappa shape index (κ2) is 14.3. The molecule has 0 spiro atoms. The Morgan fingerprint density at radius 2 is 1.97 bits per heavy atom. The number of nitrogens with one attached hydrogen (secondary N) is 1. The highest BCUT2D eigenvalue weighted by Gasteiger charge is 2.28. The molecule has 6 nitrogen and oxygen atoms in total. The lowest BCUT2D eigenvalue weighted by molar-refractivity contribution is 0.0412. The molecule has 1 aromatic heterocycles. The Bertz CT molecular complexity index is 586. The number of hydrogen-bond donors (Lipinski definition) is 1. The quantitative estimate of drug-likeness (QED) is 0.171. The van der Waals surface area contributed by atoms with Crippen LogP contribution >= 0.6 is 24.0 Å². The van der Waals surface area contributed by atoms with Crippen LogP contribution in [0.1, 0.15) is 77.7 Å². The summed E-state index contributed by atoms with van der Waals surface area (Å²) < 4.78 is 8.37. The number of imidazole rings is 1. The minimum Gasteiger partial charge on any atom is -0.378 e. The van der Waals surface area contributed by atoms with E-state index in [1.165, 1.54) is 44.9 Å². The van der Waals surface area contributed by atoms with E-state index in [0.717, 1.165) is 51.6 Å². The van der Waals surface area contributed by atoms with Crippen LogP contribution in [0.2, 0.25) is 0 Å². The number of aromatic nitrogens is 2. The van der Waals surface area contributed by atoms with E-state index in [9.17, 15) is 0 Å². The zero-order valence-corrected chi connectivity index (χ0v) is 21.3. The number of guanidine groups is 1. The maximum atomic E-state index is 6.12. The molecule has 0 amide bonds. The fraction of sp³-hybridized carbons (Fsp3) is 0.826. The molecule has 0 radical (unpaired) electrons. The maximum Gasteiger partial charge on any atom is 0.193 e. The van der Waals surface area contributed by atoms with Gasteiger partial charge < -0.3 is 19.5 Å². The molecule has 2 heterocycles. The largest absolute Gasteiger partial charge is 0.378 e. The predicted molar refractivity (Wildman–Crippen MR) is 135 cm³/mol. The Morgan fingerprint density at radius 3 is 2.67 bits per heavy atom. The van der Waals surface area contributed by atoms with Gasteiger partial charge >= 0.3 is 0 Å². The van der Waals surface area contributed by atoms with Gasteiger partial charge in [0, 0.05) is 45.2 Å². The summed E-state index contributed by atoms with van der Waals surface area (Å²) in [4.78, 5) is 11.6. The van der Waals surface area contributed by atoms with Crippen LogP contribution in [0.3, 0.4) is 0 Å². The first-order valence-corrected chi connectivity index (χ1v) is 11.9. The van der Waals surface area contributed by atoms with E-state index in [1.54, 1.807) is 0 Å². The number of halogens is 1. The van der Waals surface area contributed by atoms with Gasteiger partial charge in [0.15, 0.2) is 5.96 Å². The maximum absolute atomic E-state index is 6.12. The molecule has 2 unspecified atom stereocenters. The summed E-state index contributed by atoms with van der Waals surface area (Å²) in [6.07, 6.45) is 17.8. The van der Waals surface area contributed by atoms with Crippen LogP contribution in [0.25, 0.3) is 0 Å². The van der Waals surface area contributed by atoms with Crippen LogP contribution < -0.4 is 5.32 Å². The highest BCUT2D eigenvalue weighted by Crippen LogP contribution is 2.27. The minimum atomic E-state index is 0. The molecule has 1 aliphatic carbocycles. The lowest BCUT2D eigenvalue weighted by Crippen LogP contribution is -2.49. The van der Waals surface area contributed by atoms with E-state index in [4.69, 9.17) is 9.73 Å². The molecule has 2 fully saturated rings. The molecule has 1 saturated carbocycles. The third-order valence-electron chi connectivity index (χ3n) is 6.43. The van der Waals surface area contributed by atoms with E-state index >= 15 is 0 Å². The summed E-state index contributed by atoms with van der Waals surface area (Å²) in [7, 11) is 0. The van der Waals surface area contributed by atoms with E-state index in [1.807, 2.05) is 12.5 Å². The van der Waals surface area contributed by atoms with Crippen molar-refractivity contribution in [1.82, 2.24) is 19.8 Å². The molecule has 7 heteroatoms. The van der Waals surface area contributed by atoms with Crippen molar-refractivity contribution in [3.63, 3.8) is 0 Å². The van der Waals surface area contributed by atoms with Crippen LogP contribution in [0.4, 0.5) is 0 Å². The second-order valence-electron chi connectivity index (χ2n) is 8.72. The van der Waals surface area contributed by atoms with Crippen molar-refractivity contribution in [3.8, 4) is 0 Å². The van der Waals surface area contributed by atoms with Crippen molar-refractivity contribution in [3.05, 3.63) is 18.7 Å². The van der Waals surface area contributed by atoms with Gasteiger partial charge in [0.1, 0.15) is 0 Å². The van der Waals surface area contributed by atoms with Gasteiger partial charge in [0.05, 0.1) is 18.5 Å². The SMILES string of the molecule is CCNC(=NCCCCOC1CCCCCC1)N1CCC(C)C(n2ccnc2)C1.I. The van der Waals surface area contributed by atoms with Gasteiger partial charge in [-0.1, -0.05) is 32.6 Å². The molecule has 2 aliphatic rings. The first-order chi connectivity index (χ1) is 14.3. The van der Waals surface area contributed by atoms with Crippen LogP contribution in [-0.2, 0) is 4.74 Å². The number of ether oxygens (including phenoxy) is 1. The predicted octanol–water partition coefficient (Wildman–Crippen LogP) is 4.87. The summed E-state index contributed by atoms with van der Waals surface area (Å²) in [5.41, 5.74) is 0. The summed E-state index contributed by atoms with van der Waals surface area (Å²) in [5.74, 6) is 1.72. The Balaban J connectivity index is 0.00000320. The molecule has 1 aromatic rings. The molecule has 2 atom stereocenters. The summed E-state index contributed by atoms with van der Waals surface area (Å²) in [5, 5.41) is 3.50. The van der Waals surface area contributed by atoms with Gasteiger partial charge in [0.2, 0.25) is 0 Å². The van der Waals surface area contributed by atoms with E-state index in [0.29, 0.717) is 18.1 Å². The van der Waals surface area contributed by atoms with Gasteiger partial charge in [-0.25, -0.2) is 4.98 Å². The first-order valence-electron chi connectivity index (χ1n) is 11.9. The van der Waals surface area contributed by atoms with E-state index in [-0.39, 0.29) is 24.0 Å². The Kier molecular flexibility index (Phi) is 12.1. The molecule has 172 valence electrons. The third kappa shape index (κ3) is 8.02. The molecule has 0 aromatic carbocycles. The average molecular weight is 532 g/mol. The fourth-order valence-electron chi connectivity index (χ4n) is 4.58. The minimum absolute atomic E-state index is 0. The normalized spacial score (nSPS) is 23.7. The van der Waals surface area contributed by atoms with Crippen LogP contribution in [0.5, 0.6) is 0 Å². The lowest BCUT2D eigenvalue weighted by Gasteiger charge is -2.39. The van der Waals surface area contributed by atoms with Crippen molar-refractivity contribution < 1.29 is 4.74 Å². The number of hydrogen-bond acceptors (Lipinski definition) is 3. The molecule has 3 rings (SSSR count). The number of unbranched alkanes of at least 4 members (excludes halogenated alkanes) is 1. The molecule has 1 aliphatic heterocycles. The molecular formula is C23H42IN5O. The topological polar surface area (TPSA) is 54.7 Å². The van der Waals surface area contributed by atoms with Crippen LogP contribution in [0, 0.1) is 5.92 Å². The number of aliphatic imine (C=N–C) groups is 1. The van der Waals surface area contributed by atoms with Gasteiger partial charge in [0.25, 0.3) is 0 Å². The number of nitrogens with zero attached hydrogens (tertiary/aromatic N) is 4.